The lowest BCUT2D eigenvalue weighted by Crippen LogP contribution is -2.21. The third kappa shape index (κ3) is 2.58. The zero-order chi connectivity index (χ0) is 15.7. The zero-order valence-electron chi connectivity index (χ0n) is 11.8. The summed E-state index contributed by atoms with van der Waals surface area (Å²) in [5, 5.41) is 12.3. The van der Waals surface area contributed by atoms with Crippen LogP contribution in [-0.2, 0) is 4.79 Å². The molecular formula is C16H15FN4O. The van der Waals surface area contributed by atoms with Gasteiger partial charge in [-0.15, -0.1) is 0 Å². The maximum Gasteiger partial charge on any atom is 0.227 e. The van der Waals surface area contributed by atoms with Gasteiger partial charge >= 0.3 is 0 Å². The van der Waals surface area contributed by atoms with E-state index in [4.69, 9.17) is 11.0 Å². The normalized spacial score (nSPS) is 20.7. The summed E-state index contributed by atoms with van der Waals surface area (Å²) in [6.07, 6.45) is 1.82. The van der Waals surface area contributed by atoms with Crippen LogP contribution in [0.3, 0.4) is 0 Å². The molecule has 3 N–H and O–H groups in total. The number of hydrogen-bond acceptors (Lipinski definition) is 4. The Morgan fingerprint density at radius 2 is 2.27 bits per heavy atom. The van der Waals surface area contributed by atoms with Gasteiger partial charge in [0.1, 0.15) is 6.17 Å². The van der Waals surface area contributed by atoms with Crippen molar-refractivity contribution in [2.24, 2.45) is 5.92 Å². The van der Waals surface area contributed by atoms with E-state index in [1.54, 1.807) is 18.2 Å². The predicted molar refractivity (Wildman–Crippen MR) is 81.7 cm³/mol. The van der Waals surface area contributed by atoms with Crippen LogP contribution in [0.5, 0.6) is 0 Å². The molecule has 1 aromatic heterocycles. The molecule has 1 fully saturated rings. The first kappa shape index (κ1) is 14.3. The number of aromatic nitrogens is 1. The molecule has 3 rings (SSSR count). The van der Waals surface area contributed by atoms with E-state index in [0.29, 0.717) is 40.7 Å². The number of fused-ring (bicyclic) bond motifs is 1. The van der Waals surface area contributed by atoms with Gasteiger partial charge in [0.2, 0.25) is 5.91 Å². The van der Waals surface area contributed by atoms with Gasteiger partial charge in [-0.2, -0.15) is 5.26 Å². The Kier molecular flexibility index (Phi) is 3.63. The number of nitrogens with zero attached hydrogens (tertiary/aromatic N) is 2. The summed E-state index contributed by atoms with van der Waals surface area (Å²) < 4.78 is 13.2. The summed E-state index contributed by atoms with van der Waals surface area (Å²) in [5.74, 6) is -0.556. The second kappa shape index (κ2) is 5.60. The second-order valence-corrected chi connectivity index (χ2v) is 5.53. The van der Waals surface area contributed by atoms with Gasteiger partial charge in [-0.05, 0) is 37.5 Å². The SMILES string of the molecule is N#Cc1ccc2ncc(NC(=O)C3CCC(F)C3)c(N)c2c1. The minimum absolute atomic E-state index is 0.232. The molecule has 22 heavy (non-hydrogen) atoms. The topological polar surface area (TPSA) is 91.8 Å². The number of carbonyl (C=O) groups is 1. The number of rotatable bonds is 2. The molecule has 0 spiro atoms. The minimum atomic E-state index is -0.902. The maximum atomic E-state index is 13.2. The number of nitriles is 1. The van der Waals surface area contributed by atoms with Crippen LogP contribution in [-0.4, -0.2) is 17.1 Å². The minimum Gasteiger partial charge on any atom is -0.396 e. The lowest BCUT2D eigenvalue weighted by Gasteiger charge is -2.13. The first-order valence-electron chi connectivity index (χ1n) is 7.11. The summed E-state index contributed by atoms with van der Waals surface area (Å²) in [7, 11) is 0. The molecule has 2 aromatic rings. The van der Waals surface area contributed by atoms with Gasteiger partial charge in [0.15, 0.2) is 0 Å². The summed E-state index contributed by atoms with van der Waals surface area (Å²) in [5.41, 5.74) is 7.97. The number of hydrogen-bond donors (Lipinski definition) is 2. The molecule has 0 radical (unpaired) electrons. The second-order valence-electron chi connectivity index (χ2n) is 5.53. The van der Waals surface area contributed by atoms with E-state index in [9.17, 15) is 9.18 Å². The summed E-state index contributed by atoms with van der Waals surface area (Å²) in [6, 6.07) is 7.05. The van der Waals surface area contributed by atoms with Crippen LogP contribution in [0.1, 0.15) is 24.8 Å². The number of nitrogen functional groups attached to an aromatic ring is 1. The highest BCUT2D eigenvalue weighted by Gasteiger charge is 2.30. The Hall–Kier alpha value is -2.68. The molecule has 1 saturated carbocycles. The maximum absolute atomic E-state index is 13.2. The van der Waals surface area contributed by atoms with E-state index < -0.39 is 6.17 Å². The molecule has 0 aliphatic heterocycles. The number of benzene rings is 1. The highest BCUT2D eigenvalue weighted by Crippen LogP contribution is 2.31. The number of alkyl halides is 1. The van der Waals surface area contributed by atoms with Crippen LogP contribution in [0.15, 0.2) is 24.4 Å². The van der Waals surface area contributed by atoms with Gasteiger partial charge in [0.25, 0.3) is 0 Å². The van der Waals surface area contributed by atoms with Gasteiger partial charge in [-0.25, -0.2) is 4.39 Å². The van der Waals surface area contributed by atoms with Crippen LogP contribution >= 0.6 is 0 Å². The summed E-state index contributed by atoms with van der Waals surface area (Å²) >= 11 is 0. The van der Waals surface area contributed by atoms with E-state index in [2.05, 4.69) is 10.3 Å². The highest BCUT2D eigenvalue weighted by molar-refractivity contribution is 6.02. The molecule has 1 amide bonds. The summed E-state index contributed by atoms with van der Waals surface area (Å²) in [4.78, 5) is 16.4. The Labute approximate surface area is 126 Å². The highest BCUT2D eigenvalue weighted by atomic mass is 19.1. The van der Waals surface area contributed by atoms with Crippen molar-refractivity contribution in [3.8, 4) is 6.07 Å². The first-order chi connectivity index (χ1) is 10.6. The zero-order valence-corrected chi connectivity index (χ0v) is 11.8. The Morgan fingerprint density at radius 1 is 1.45 bits per heavy atom. The van der Waals surface area contributed by atoms with Crippen molar-refractivity contribution in [3.63, 3.8) is 0 Å². The number of carbonyl (C=O) groups excluding carboxylic acids is 1. The van der Waals surface area contributed by atoms with Gasteiger partial charge in [-0.1, -0.05) is 0 Å². The average Bonchev–Trinajstić information content (AvgIpc) is 2.96. The first-order valence-corrected chi connectivity index (χ1v) is 7.11. The number of nitrogens with one attached hydrogen (secondary N) is 1. The van der Waals surface area contributed by atoms with Gasteiger partial charge < -0.3 is 11.1 Å². The van der Waals surface area contributed by atoms with Crippen molar-refractivity contribution >= 4 is 28.2 Å². The van der Waals surface area contributed by atoms with E-state index >= 15 is 0 Å². The fraction of sp³-hybridized carbons (Fsp3) is 0.312. The van der Waals surface area contributed by atoms with Crippen molar-refractivity contribution in [1.29, 1.82) is 5.26 Å². The Morgan fingerprint density at radius 3 is 2.95 bits per heavy atom. The fourth-order valence-corrected chi connectivity index (χ4v) is 2.78. The van der Waals surface area contributed by atoms with Crippen LogP contribution in [0, 0.1) is 17.2 Å². The molecule has 2 atom stereocenters. The molecule has 1 heterocycles. The predicted octanol–water partition coefficient (Wildman–Crippen LogP) is 2.77. The number of amides is 1. The lowest BCUT2D eigenvalue weighted by atomic mass is 10.1. The van der Waals surface area contributed by atoms with Crippen molar-refractivity contribution in [3.05, 3.63) is 30.0 Å². The van der Waals surface area contributed by atoms with E-state index in [0.717, 1.165) is 0 Å². The van der Waals surface area contributed by atoms with E-state index in [-0.39, 0.29) is 18.2 Å². The van der Waals surface area contributed by atoms with Crippen LogP contribution in [0.2, 0.25) is 0 Å². The molecule has 1 aliphatic carbocycles. The third-order valence-electron chi connectivity index (χ3n) is 4.04. The van der Waals surface area contributed by atoms with Crippen molar-refractivity contribution < 1.29 is 9.18 Å². The molecule has 5 nitrogen and oxygen atoms in total. The quantitative estimate of drug-likeness (QED) is 0.891. The molecule has 112 valence electrons. The number of halogens is 1. The third-order valence-corrected chi connectivity index (χ3v) is 4.04. The van der Waals surface area contributed by atoms with Gasteiger partial charge in [0.05, 0.1) is 34.7 Å². The smallest absolute Gasteiger partial charge is 0.227 e. The molecule has 1 aromatic carbocycles. The van der Waals surface area contributed by atoms with Crippen molar-refractivity contribution in [2.45, 2.75) is 25.4 Å². The van der Waals surface area contributed by atoms with E-state index in [1.807, 2.05) is 6.07 Å². The van der Waals surface area contributed by atoms with Crippen LogP contribution in [0.4, 0.5) is 15.8 Å². The van der Waals surface area contributed by atoms with Gasteiger partial charge in [0, 0.05) is 11.3 Å². The number of pyridine rings is 1. The fourth-order valence-electron chi connectivity index (χ4n) is 2.78. The van der Waals surface area contributed by atoms with Crippen molar-refractivity contribution in [1.82, 2.24) is 4.98 Å². The van der Waals surface area contributed by atoms with Crippen LogP contribution < -0.4 is 11.1 Å². The van der Waals surface area contributed by atoms with Gasteiger partial charge in [-0.3, -0.25) is 9.78 Å². The van der Waals surface area contributed by atoms with Crippen LogP contribution in [0.25, 0.3) is 10.9 Å². The Bertz CT molecular complexity index is 784. The van der Waals surface area contributed by atoms with E-state index in [1.165, 1.54) is 6.20 Å². The largest absolute Gasteiger partial charge is 0.396 e. The average molecular weight is 298 g/mol. The molecule has 0 saturated heterocycles. The molecule has 2 unspecified atom stereocenters. The molecular weight excluding hydrogens is 283 g/mol. The monoisotopic (exact) mass is 298 g/mol. The Balaban J connectivity index is 1.89. The van der Waals surface area contributed by atoms with Crippen molar-refractivity contribution in [2.75, 3.05) is 11.1 Å². The number of nitrogens with two attached hydrogens (primary N) is 1. The number of anilines is 2. The summed E-state index contributed by atoms with van der Waals surface area (Å²) in [6.45, 7) is 0. The molecule has 0 bridgehead atoms. The lowest BCUT2D eigenvalue weighted by molar-refractivity contribution is -0.119. The molecule has 6 heteroatoms. The molecule has 1 aliphatic rings. The standard InChI is InChI=1S/C16H15FN4O/c17-11-3-2-10(6-11)16(22)21-14-8-20-13-4-1-9(7-18)5-12(13)15(14)19/h1,4-5,8,10-11H,2-3,6H2,(H2,19,20)(H,21,22).